The Morgan fingerprint density at radius 1 is 1.54 bits per heavy atom. The monoisotopic (exact) mass is 349 g/mol. The van der Waals surface area contributed by atoms with Gasteiger partial charge in [0.25, 0.3) is 0 Å². The lowest BCUT2D eigenvalue weighted by atomic mass is 9.95. The first-order valence-electron chi connectivity index (χ1n) is 8.32. The molecule has 0 aromatic carbocycles. The van der Waals surface area contributed by atoms with Crippen LogP contribution in [-0.4, -0.2) is 39.1 Å². The van der Waals surface area contributed by atoms with Crippen molar-refractivity contribution in [3.8, 4) is 0 Å². The van der Waals surface area contributed by atoms with E-state index in [9.17, 15) is 4.79 Å². The van der Waals surface area contributed by atoms with Crippen molar-refractivity contribution in [2.24, 2.45) is 5.92 Å². The Hall–Kier alpha value is -1.96. The number of carbonyl (C=O) groups excluding carboxylic acids is 1. The standard InChI is InChI=1S/C16H23N5O2S/c1-10(2)13-8-17-15(24-13)19-16(22)21-6-4-5-12(9-21)7-14-18-11(3)23-20-14/h8,10,12H,4-7,9H2,1-3H3,(H,17,19,22). The molecule has 0 bridgehead atoms. The van der Waals surface area contributed by atoms with Gasteiger partial charge in [-0.05, 0) is 24.7 Å². The largest absolute Gasteiger partial charge is 0.340 e. The molecular weight excluding hydrogens is 326 g/mol. The van der Waals surface area contributed by atoms with Crippen LogP contribution in [0, 0.1) is 12.8 Å². The molecule has 130 valence electrons. The Morgan fingerprint density at radius 2 is 2.38 bits per heavy atom. The average molecular weight is 349 g/mol. The molecule has 1 aliphatic rings. The zero-order valence-corrected chi connectivity index (χ0v) is 15.1. The van der Waals surface area contributed by atoms with Crippen molar-refractivity contribution in [3.63, 3.8) is 0 Å². The van der Waals surface area contributed by atoms with Gasteiger partial charge in [-0.25, -0.2) is 9.78 Å². The molecule has 1 saturated heterocycles. The van der Waals surface area contributed by atoms with E-state index < -0.39 is 0 Å². The number of urea groups is 1. The Bertz CT molecular complexity index is 696. The summed E-state index contributed by atoms with van der Waals surface area (Å²) in [6, 6.07) is -0.0753. The van der Waals surface area contributed by atoms with Crippen LogP contribution in [0.15, 0.2) is 10.7 Å². The molecule has 3 heterocycles. The van der Waals surface area contributed by atoms with Gasteiger partial charge in [0.1, 0.15) is 0 Å². The molecule has 1 unspecified atom stereocenters. The molecule has 3 rings (SSSR count). The predicted octanol–water partition coefficient (Wildman–Crippen LogP) is 3.44. The van der Waals surface area contributed by atoms with Gasteiger partial charge in [0, 0.05) is 37.5 Å². The highest BCUT2D eigenvalue weighted by Crippen LogP contribution is 2.26. The highest BCUT2D eigenvalue weighted by molar-refractivity contribution is 7.15. The first-order chi connectivity index (χ1) is 11.5. The lowest BCUT2D eigenvalue weighted by Gasteiger charge is -2.32. The van der Waals surface area contributed by atoms with Gasteiger partial charge in [-0.3, -0.25) is 5.32 Å². The van der Waals surface area contributed by atoms with Crippen molar-refractivity contribution in [1.82, 2.24) is 20.0 Å². The smallest absolute Gasteiger partial charge is 0.323 e. The Labute approximate surface area is 145 Å². The fourth-order valence-electron chi connectivity index (χ4n) is 2.88. The molecule has 2 amide bonds. The number of nitrogens with zero attached hydrogens (tertiary/aromatic N) is 4. The number of likely N-dealkylation sites (tertiary alicyclic amines) is 1. The second-order valence-electron chi connectivity index (χ2n) is 6.54. The number of piperidine rings is 1. The van der Waals surface area contributed by atoms with Crippen molar-refractivity contribution < 1.29 is 9.32 Å². The van der Waals surface area contributed by atoms with Crippen molar-refractivity contribution >= 4 is 22.5 Å². The summed E-state index contributed by atoms with van der Waals surface area (Å²) in [6.07, 6.45) is 4.65. The molecule has 0 spiro atoms. The van der Waals surface area contributed by atoms with E-state index >= 15 is 0 Å². The van der Waals surface area contributed by atoms with Crippen LogP contribution in [0.4, 0.5) is 9.93 Å². The van der Waals surface area contributed by atoms with Gasteiger partial charge >= 0.3 is 6.03 Å². The van der Waals surface area contributed by atoms with Gasteiger partial charge in [-0.15, -0.1) is 11.3 Å². The number of nitrogens with one attached hydrogen (secondary N) is 1. The summed E-state index contributed by atoms with van der Waals surface area (Å²) in [7, 11) is 0. The van der Waals surface area contributed by atoms with E-state index in [1.54, 1.807) is 6.92 Å². The van der Waals surface area contributed by atoms with Gasteiger partial charge in [0.15, 0.2) is 11.0 Å². The number of hydrogen-bond acceptors (Lipinski definition) is 6. The molecule has 2 aromatic rings. The second-order valence-corrected chi connectivity index (χ2v) is 7.60. The van der Waals surface area contributed by atoms with Gasteiger partial charge in [-0.1, -0.05) is 19.0 Å². The van der Waals surface area contributed by atoms with E-state index in [1.807, 2.05) is 11.1 Å². The van der Waals surface area contributed by atoms with Crippen LogP contribution < -0.4 is 5.32 Å². The van der Waals surface area contributed by atoms with E-state index in [1.165, 1.54) is 16.2 Å². The van der Waals surface area contributed by atoms with Crippen molar-refractivity contribution in [2.75, 3.05) is 18.4 Å². The lowest BCUT2D eigenvalue weighted by Crippen LogP contribution is -2.42. The first-order valence-corrected chi connectivity index (χ1v) is 9.13. The van der Waals surface area contributed by atoms with Crippen LogP contribution >= 0.6 is 11.3 Å². The average Bonchev–Trinajstić information content (AvgIpc) is 3.17. The highest BCUT2D eigenvalue weighted by Gasteiger charge is 2.25. The fraction of sp³-hybridized carbons (Fsp3) is 0.625. The number of hydrogen-bond donors (Lipinski definition) is 1. The van der Waals surface area contributed by atoms with Crippen molar-refractivity contribution in [2.45, 2.75) is 46.0 Å². The van der Waals surface area contributed by atoms with Gasteiger partial charge in [0.05, 0.1) is 0 Å². The summed E-state index contributed by atoms with van der Waals surface area (Å²) < 4.78 is 5.02. The molecule has 8 heteroatoms. The molecule has 1 atom stereocenters. The molecular formula is C16H23N5O2S. The summed E-state index contributed by atoms with van der Waals surface area (Å²) in [5, 5.41) is 7.54. The zero-order valence-electron chi connectivity index (χ0n) is 14.3. The normalized spacial score (nSPS) is 18.2. The number of carbonyl (C=O) groups is 1. The van der Waals surface area contributed by atoms with Gasteiger partial charge < -0.3 is 9.42 Å². The first kappa shape index (κ1) is 16.9. The fourth-order valence-corrected chi connectivity index (χ4v) is 3.69. The number of aromatic nitrogens is 3. The number of amides is 2. The SMILES string of the molecule is Cc1nc(CC2CCCN(C(=O)Nc3ncc(C(C)C)s3)C2)no1. The number of rotatable bonds is 4. The minimum absolute atomic E-state index is 0.0753. The van der Waals surface area contributed by atoms with Crippen LogP contribution in [0.2, 0.25) is 0 Å². The molecule has 0 aliphatic carbocycles. The van der Waals surface area contributed by atoms with Crippen molar-refractivity contribution in [3.05, 3.63) is 22.8 Å². The molecule has 0 radical (unpaired) electrons. The summed E-state index contributed by atoms with van der Waals surface area (Å²) in [4.78, 5) is 24.1. The zero-order chi connectivity index (χ0) is 17.1. The minimum atomic E-state index is -0.0753. The Morgan fingerprint density at radius 3 is 3.04 bits per heavy atom. The van der Waals surface area contributed by atoms with Crippen molar-refractivity contribution in [1.29, 1.82) is 0 Å². The van der Waals surface area contributed by atoms with E-state index in [4.69, 9.17) is 4.52 Å². The van der Waals surface area contributed by atoms with E-state index in [2.05, 4.69) is 34.3 Å². The molecule has 7 nitrogen and oxygen atoms in total. The molecule has 2 aromatic heterocycles. The number of thiazole rings is 1. The van der Waals surface area contributed by atoms with Crippen LogP contribution in [0.1, 0.15) is 49.2 Å². The summed E-state index contributed by atoms with van der Waals surface area (Å²) >= 11 is 1.54. The van der Waals surface area contributed by atoms with Crippen LogP contribution in [0.5, 0.6) is 0 Å². The van der Waals surface area contributed by atoms with Crippen LogP contribution in [0.3, 0.4) is 0 Å². The third kappa shape index (κ3) is 4.11. The Balaban J connectivity index is 1.56. The summed E-state index contributed by atoms with van der Waals surface area (Å²) in [6.45, 7) is 7.51. The molecule has 0 saturated carbocycles. The Kier molecular flexibility index (Phi) is 5.13. The molecule has 1 N–H and O–H groups in total. The quantitative estimate of drug-likeness (QED) is 0.914. The molecule has 1 aliphatic heterocycles. The van der Waals surface area contributed by atoms with Gasteiger partial charge in [-0.2, -0.15) is 4.98 Å². The lowest BCUT2D eigenvalue weighted by molar-refractivity contribution is 0.176. The third-order valence-electron chi connectivity index (χ3n) is 4.15. The molecule has 24 heavy (non-hydrogen) atoms. The third-order valence-corrected chi connectivity index (χ3v) is 5.37. The van der Waals surface area contributed by atoms with Crippen LogP contribution in [0.25, 0.3) is 0 Å². The van der Waals surface area contributed by atoms with Crippen LogP contribution in [-0.2, 0) is 6.42 Å². The topological polar surface area (TPSA) is 84.2 Å². The van der Waals surface area contributed by atoms with E-state index in [0.717, 1.165) is 31.6 Å². The van der Waals surface area contributed by atoms with E-state index in [0.29, 0.717) is 29.4 Å². The number of anilines is 1. The summed E-state index contributed by atoms with van der Waals surface area (Å²) in [5.41, 5.74) is 0. The maximum absolute atomic E-state index is 12.5. The highest BCUT2D eigenvalue weighted by atomic mass is 32.1. The maximum Gasteiger partial charge on any atom is 0.323 e. The molecule has 1 fully saturated rings. The number of aryl methyl sites for hydroxylation is 1. The predicted molar refractivity (Wildman–Crippen MR) is 92.3 cm³/mol. The summed E-state index contributed by atoms with van der Waals surface area (Å²) in [5.74, 6) is 2.09. The second kappa shape index (κ2) is 7.29. The van der Waals surface area contributed by atoms with Gasteiger partial charge in [0.2, 0.25) is 5.89 Å². The maximum atomic E-state index is 12.5. The minimum Gasteiger partial charge on any atom is -0.340 e. The van der Waals surface area contributed by atoms with E-state index in [-0.39, 0.29) is 6.03 Å².